The molecule has 2 nitrogen and oxygen atoms in total. The number of nitrogens with zero attached hydrogens (tertiary/aromatic N) is 1. The van der Waals surface area contributed by atoms with E-state index < -0.39 is 8.32 Å². The Kier molecular flexibility index (Phi) is 4.87. The van der Waals surface area contributed by atoms with Crippen molar-refractivity contribution in [2.45, 2.75) is 0 Å². The summed E-state index contributed by atoms with van der Waals surface area (Å²) in [6, 6.07) is 42.0. The molecule has 0 spiro atoms. The second-order valence-corrected chi connectivity index (χ2v) is 10.5. The number of aromatic nitrogens is 1. The van der Waals surface area contributed by atoms with Gasteiger partial charge in [-0.1, -0.05) is 109 Å². The lowest BCUT2D eigenvalue weighted by Crippen LogP contribution is -2.71. The molecule has 0 amide bonds. The summed E-state index contributed by atoms with van der Waals surface area (Å²) in [6.07, 6.45) is 1.83. The Balaban J connectivity index is 1.82. The molecule has 3 heteroatoms. The second-order valence-electron chi connectivity index (χ2n) is 7.21. The molecule has 0 fully saturated rings. The number of para-hydroxylation sites is 1. The largest absolute Gasteiger partial charge is 0.529 e. The fraction of sp³-hybridized carbons (Fsp3) is 0. The summed E-state index contributed by atoms with van der Waals surface area (Å²) in [7, 11) is -2.82. The highest BCUT2D eigenvalue weighted by molar-refractivity contribution is 7.07. The minimum atomic E-state index is -2.82. The second kappa shape index (κ2) is 7.97. The zero-order chi connectivity index (χ0) is 20.2. The van der Waals surface area contributed by atoms with Crippen LogP contribution >= 0.6 is 0 Å². The molecule has 0 N–H and O–H groups in total. The van der Waals surface area contributed by atoms with E-state index >= 15 is 0 Å². The number of rotatable bonds is 5. The van der Waals surface area contributed by atoms with Gasteiger partial charge in [0.15, 0.2) is 0 Å². The normalized spacial score (nSPS) is 11.3. The van der Waals surface area contributed by atoms with Crippen molar-refractivity contribution in [1.82, 2.24) is 4.98 Å². The van der Waals surface area contributed by atoms with Gasteiger partial charge in [-0.05, 0) is 27.7 Å². The maximum absolute atomic E-state index is 7.15. The molecule has 144 valence electrons. The molecule has 0 aliphatic heterocycles. The number of hydrogen-bond donors (Lipinski definition) is 0. The lowest BCUT2D eigenvalue weighted by molar-refractivity contribution is 0.582. The van der Waals surface area contributed by atoms with Crippen molar-refractivity contribution in [3.8, 4) is 5.75 Å². The summed E-state index contributed by atoms with van der Waals surface area (Å²) < 4.78 is 7.15. The van der Waals surface area contributed by atoms with Gasteiger partial charge in [-0.15, -0.1) is 0 Å². The highest BCUT2D eigenvalue weighted by atomic mass is 28.4. The first-order valence-corrected chi connectivity index (χ1v) is 12.0. The van der Waals surface area contributed by atoms with Crippen molar-refractivity contribution in [3.63, 3.8) is 0 Å². The summed E-state index contributed by atoms with van der Waals surface area (Å²) >= 11 is 0. The smallest absolute Gasteiger partial charge is 0.347 e. The van der Waals surface area contributed by atoms with Gasteiger partial charge in [0.25, 0.3) is 0 Å². The fourth-order valence-electron chi connectivity index (χ4n) is 4.02. The first-order valence-electron chi connectivity index (χ1n) is 10.1. The summed E-state index contributed by atoms with van der Waals surface area (Å²) in [5.74, 6) is 0.816. The zero-order valence-electron chi connectivity index (χ0n) is 16.5. The van der Waals surface area contributed by atoms with Crippen LogP contribution in [0.3, 0.4) is 0 Å². The van der Waals surface area contributed by atoms with Crippen molar-refractivity contribution in [2.24, 2.45) is 0 Å². The minimum absolute atomic E-state index is 0.816. The summed E-state index contributed by atoms with van der Waals surface area (Å²) in [5, 5.41) is 4.69. The minimum Gasteiger partial charge on any atom is -0.529 e. The van der Waals surface area contributed by atoms with E-state index in [9.17, 15) is 0 Å². The van der Waals surface area contributed by atoms with Crippen molar-refractivity contribution in [3.05, 3.63) is 128 Å². The van der Waals surface area contributed by atoms with E-state index in [2.05, 4.69) is 108 Å². The van der Waals surface area contributed by atoms with E-state index in [0.29, 0.717) is 0 Å². The third-order valence-corrected chi connectivity index (χ3v) is 9.36. The van der Waals surface area contributed by atoms with Crippen LogP contribution in [-0.2, 0) is 0 Å². The Morgan fingerprint density at radius 1 is 0.500 bits per heavy atom. The van der Waals surface area contributed by atoms with E-state index in [0.717, 1.165) is 16.7 Å². The van der Waals surface area contributed by atoms with Crippen molar-refractivity contribution in [2.75, 3.05) is 0 Å². The van der Waals surface area contributed by atoms with Gasteiger partial charge in [-0.2, -0.15) is 0 Å². The molecule has 1 heterocycles. The quantitative estimate of drug-likeness (QED) is 0.323. The Morgan fingerprint density at radius 2 is 1.00 bits per heavy atom. The molecule has 1 aromatic heterocycles. The Labute approximate surface area is 177 Å². The third kappa shape index (κ3) is 3.19. The molecule has 30 heavy (non-hydrogen) atoms. The molecule has 4 aromatic carbocycles. The predicted octanol–water partition coefficient (Wildman–Crippen LogP) is 4.28. The summed E-state index contributed by atoms with van der Waals surface area (Å²) in [4.78, 5) is 4.64. The molecule has 0 unspecified atom stereocenters. The van der Waals surface area contributed by atoms with Gasteiger partial charge in [-0.25, -0.2) is 0 Å². The van der Waals surface area contributed by atoms with Gasteiger partial charge < -0.3 is 4.43 Å². The molecule has 0 saturated heterocycles. The molecule has 5 aromatic rings. The third-order valence-electron chi connectivity index (χ3n) is 5.40. The van der Waals surface area contributed by atoms with E-state index in [1.807, 2.05) is 24.4 Å². The number of hydrogen-bond acceptors (Lipinski definition) is 2. The van der Waals surface area contributed by atoms with Crippen LogP contribution in [0, 0.1) is 0 Å². The molecule has 0 aliphatic rings. The Morgan fingerprint density at radius 3 is 1.53 bits per heavy atom. The van der Waals surface area contributed by atoms with Crippen LogP contribution in [0.15, 0.2) is 128 Å². The standard InChI is InChI=1S/C27H21NOSi/c1-4-14-23(15-5-1)30(24-16-6-2-7-17-24,25-18-8-3-9-19-25)29-26-20-10-12-22-13-11-21-28-27(22)26/h1-21H. The topological polar surface area (TPSA) is 22.1 Å². The molecule has 0 aliphatic carbocycles. The Bertz CT molecular complexity index is 1160. The van der Waals surface area contributed by atoms with Crippen LogP contribution in [0.4, 0.5) is 0 Å². The molecule has 0 atom stereocenters. The SMILES string of the molecule is c1ccc([Si](Oc2cccc3cccnc23)(c2ccccc2)c2ccccc2)cc1. The van der Waals surface area contributed by atoms with Crippen LogP contribution in [0.5, 0.6) is 5.75 Å². The van der Waals surface area contributed by atoms with Crippen LogP contribution in [0.2, 0.25) is 0 Å². The van der Waals surface area contributed by atoms with Crippen LogP contribution in [-0.4, -0.2) is 13.3 Å². The van der Waals surface area contributed by atoms with Crippen LogP contribution < -0.4 is 20.0 Å². The van der Waals surface area contributed by atoms with Gasteiger partial charge >= 0.3 is 8.32 Å². The molecule has 0 radical (unpaired) electrons. The van der Waals surface area contributed by atoms with E-state index in [4.69, 9.17) is 4.43 Å². The molecular formula is C27H21NOSi. The summed E-state index contributed by atoms with van der Waals surface area (Å²) in [5.41, 5.74) is 0.889. The van der Waals surface area contributed by atoms with Gasteiger partial charge in [0.05, 0.1) is 0 Å². The lowest BCUT2D eigenvalue weighted by atomic mass is 10.2. The van der Waals surface area contributed by atoms with E-state index in [-0.39, 0.29) is 0 Å². The first kappa shape index (κ1) is 18.3. The highest BCUT2D eigenvalue weighted by Gasteiger charge is 2.44. The van der Waals surface area contributed by atoms with Crippen LogP contribution in [0.1, 0.15) is 0 Å². The van der Waals surface area contributed by atoms with Gasteiger partial charge in [0.1, 0.15) is 11.3 Å². The van der Waals surface area contributed by atoms with Crippen molar-refractivity contribution < 1.29 is 4.43 Å². The molecule has 0 saturated carbocycles. The highest BCUT2D eigenvalue weighted by Crippen LogP contribution is 2.26. The first-order chi connectivity index (χ1) is 14.9. The lowest BCUT2D eigenvalue weighted by Gasteiger charge is -2.33. The molecule has 0 bridgehead atoms. The van der Waals surface area contributed by atoms with Crippen molar-refractivity contribution >= 4 is 34.8 Å². The fourth-order valence-corrected chi connectivity index (χ4v) is 7.85. The average molecular weight is 404 g/mol. The summed E-state index contributed by atoms with van der Waals surface area (Å²) in [6.45, 7) is 0. The van der Waals surface area contributed by atoms with Gasteiger partial charge in [-0.3, -0.25) is 4.98 Å². The van der Waals surface area contributed by atoms with Gasteiger partial charge in [0.2, 0.25) is 0 Å². The van der Waals surface area contributed by atoms with Crippen LogP contribution in [0.25, 0.3) is 10.9 Å². The van der Waals surface area contributed by atoms with Crippen molar-refractivity contribution in [1.29, 1.82) is 0 Å². The molecular weight excluding hydrogens is 382 g/mol. The Hall–Kier alpha value is -3.69. The zero-order valence-corrected chi connectivity index (χ0v) is 17.5. The predicted molar refractivity (Wildman–Crippen MR) is 126 cm³/mol. The number of pyridine rings is 1. The average Bonchev–Trinajstić information content (AvgIpc) is 2.84. The number of benzene rings is 4. The van der Waals surface area contributed by atoms with E-state index in [1.165, 1.54) is 15.6 Å². The maximum Gasteiger partial charge on any atom is 0.347 e. The molecule has 5 rings (SSSR count). The van der Waals surface area contributed by atoms with Gasteiger partial charge in [0, 0.05) is 11.6 Å². The van der Waals surface area contributed by atoms with E-state index in [1.54, 1.807) is 0 Å². The number of fused-ring (bicyclic) bond motifs is 1. The monoisotopic (exact) mass is 403 g/mol. The maximum atomic E-state index is 7.15.